The van der Waals surface area contributed by atoms with Crippen molar-refractivity contribution in [3.05, 3.63) is 0 Å². The van der Waals surface area contributed by atoms with E-state index in [4.69, 9.17) is 4.74 Å². The summed E-state index contributed by atoms with van der Waals surface area (Å²) in [6, 6.07) is 0.151. The van der Waals surface area contributed by atoms with Crippen LogP contribution in [0.3, 0.4) is 0 Å². The van der Waals surface area contributed by atoms with E-state index in [0.29, 0.717) is 45.7 Å². The molecule has 2 rings (SSSR count). The van der Waals surface area contributed by atoms with Crippen molar-refractivity contribution in [1.29, 1.82) is 0 Å². The van der Waals surface area contributed by atoms with Crippen LogP contribution in [0.15, 0.2) is 0 Å². The van der Waals surface area contributed by atoms with Crippen LogP contribution < -0.4 is 5.32 Å². The molecule has 2 aliphatic rings. The molecule has 2 aliphatic heterocycles. The van der Waals surface area contributed by atoms with E-state index in [2.05, 4.69) is 5.32 Å². The molecule has 2 fully saturated rings. The minimum atomic E-state index is -2.83. The second-order valence-electron chi connectivity index (χ2n) is 4.80. The average molecular weight is 276 g/mol. The topological polar surface area (TPSA) is 75.7 Å². The van der Waals surface area contributed by atoms with E-state index in [9.17, 15) is 13.2 Å². The van der Waals surface area contributed by atoms with Crippen molar-refractivity contribution in [2.45, 2.75) is 18.9 Å². The Morgan fingerprint density at radius 2 is 1.83 bits per heavy atom. The fourth-order valence-corrected chi connectivity index (χ4v) is 3.74. The minimum Gasteiger partial charge on any atom is -0.378 e. The van der Waals surface area contributed by atoms with Gasteiger partial charge in [0, 0.05) is 19.1 Å². The molecular weight excluding hydrogens is 256 g/mol. The van der Waals surface area contributed by atoms with Gasteiger partial charge in [-0.15, -0.1) is 0 Å². The van der Waals surface area contributed by atoms with Crippen molar-refractivity contribution in [2.24, 2.45) is 0 Å². The van der Waals surface area contributed by atoms with Crippen LogP contribution in [0.4, 0.5) is 0 Å². The molecule has 0 aliphatic carbocycles. The van der Waals surface area contributed by atoms with Crippen LogP contribution >= 0.6 is 0 Å². The first kappa shape index (κ1) is 13.8. The molecule has 0 aromatic heterocycles. The zero-order valence-corrected chi connectivity index (χ0v) is 11.2. The summed E-state index contributed by atoms with van der Waals surface area (Å²) in [6.45, 7) is 2.81. The fraction of sp³-hybridized carbons (Fsp3) is 0.909. The predicted octanol–water partition coefficient (Wildman–Crippen LogP) is -0.988. The molecule has 0 aromatic carbocycles. The zero-order valence-electron chi connectivity index (χ0n) is 10.4. The van der Waals surface area contributed by atoms with Gasteiger partial charge in [0.2, 0.25) is 5.91 Å². The summed E-state index contributed by atoms with van der Waals surface area (Å²) in [5, 5.41) is 3.16. The number of sulfone groups is 1. The number of nitrogens with one attached hydrogen (secondary N) is 1. The Morgan fingerprint density at radius 1 is 1.22 bits per heavy atom. The van der Waals surface area contributed by atoms with Crippen molar-refractivity contribution in [2.75, 3.05) is 44.4 Å². The van der Waals surface area contributed by atoms with Crippen LogP contribution in [0.25, 0.3) is 0 Å². The number of hydrogen-bond donors (Lipinski definition) is 1. The van der Waals surface area contributed by atoms with E-state index in [-0.39, 0.29) is 23.5 Å². The Labute approximate surface area is 108 Å². The molecule has 0 atom stereocenters. The highest BCUT2D eigenvalue weighted by Gasteiger charge is 2.24. The van der Waals surface area contributed by atoms with Crippen LogP contribution in [0.2, 0.25) is 0 Å². The summed E-state index contributed by atoms with van der Waals surface area (Å²) in [5.74, 6) is 0.541. The van der Waals surface area contributed by atoms with Gasteiger partial charge in [0.1, 0.15) is 9.84 Å². The van der Waals surface area contributed by atoms with Crippen molar-refractivity contribution in [3.63, 3.8) is 0 Å². The lowest BCUT2D eigenvalue weighted by atomic mass is 10.1. The lowest BCUT2D eigenvalue weighted by Gasteiger charge is -2.28. The van der Waals surface area contributed by atoms with E-state index < -0.39 is 9.84 Å². The zero-order chi connectivity index (χ0) is 13.0. The summed E-state index contributed by atoms with van der Waals surface area (Å²) in [7, 11) is -2.83. The second kappa shape index (κ2) is 5.99. The molecule has 0 bridgehead atoms. The maximum absolute atomic E-state index is 11.9. The van der Waals surface area contributed by atoms with Crippen LogP contribution in [0, 0.1) is 0 Å². The lowest BCUT2D eigenvalue weighted by Crippen LogP contribution is -2.47. The van der Waals surface area contributed by atoms with E-state index in [1.807, 2.05) is 0 Å². The molecule has 2 saturated heterocycles. The third kappa shape index (κ3) is 3.93. The number of nitrogens with zero attached hydrogens (tertiary/aromatic N) is 1. The molecular formula is C11H20N2O4S. The SMILES string of the molecule is O=C(CNC1CCS(=O)(=O)CC1)N1CCOCC1. The number of carbonyl (C=O) groups is 1. The molecule has 1 amide bonds. The number of ether oxygens (including phenoxy) is 1. The van der Waals surface area contributed by atoms with Crippen LogP contribution in [-0.4, -0.2) is 69.6 Å². The van der Waals surface area contributed by atoms with E-state index in [0.717, 1.165) is 0 Å². The molecule has 1 N–H and O–H groups in total. The molecule has 0 unspecified atom stereocenters. The van der Waals surface area contributed by atoms with Gasteiger partial charge in [0.05, 0.1) is 31.3 Å². The predicted molar refractivity (Wildman–Crippen MR) is 67.1 cm³/mol. The minimum absolute atomic E-state index is 0.0757. The van der Waals surface area contributed by atoms with Crippen molar-refractivity contribution < 1.29 is 17.9 Å². The van der Waals surface area contributed by atoms with Gasteiger partial charge < -0.3 is 15.0 Å². The lowest BCUT2D eigenvalue weighted by molar-refractivity contribution is -0.134. The highest BCUT2D eigenvalue weighted by atomic mass is 32.2. The van der Waals surface area contributed by atoms with Crippen LogP contribution in [-0.2, 0) is 19.4 Å². The van der Waals surface area contributed by atoms with Gasteiger partial charge in [0.25, 0.3) is 0 Å². The normalized spacial score (nSPS) is 25.0. The summed E-state index contributed by atoms with van der Waals surface area (Å²) in [6.07, 6.45) is 1.22. The first-order valence-electron chi connectivity index (χ1n) is 6.36. The Bertz CT molecular complexity index is 376. The summed E-state index contributed by atoms with van der Waals surface area (Å²) < 4.78 is 27.7. The van der Waals surface area contributed by atoms with E-state index >= 15 is 0 Å². The fourth-order valence-electron chi connectivity index (χ4n) is 2.25. The molecule has 0 saturated carbocycles. The van der Waals surface area contributed by atoms with Crippen LogP contribution in [0.5, 0.6) is 0 Å². The molecule has 0 aromatic rings. The highest BCUT2D eigenvalue weighted by Crippen LogP contribution is 2.11. The molecule has 7 heteroatoms. The number of hydrogen-bond acceptors (Lipinski definition) is 5. The maximum Gasteiger partial charge on any atom is 0.236 e. The number of carbonyl (C=O) groups excluding carboxylic acids is 1. The molecule has 18 heavy (non-hydrogen) atoms. The maximum atomic E-state index is 11.9. The van der Waals surface area contributed by atoms with Crippen molar-refractivity contribution >= 4 is 15.7 Å². The van der Waals surface area contributed by atoms with Gasteiger partial charge in [-0.2, -0.15) is 0 Å². The monoisotopic (exact) mass is 276 g/mol. The molecule has 0 radical (unpaired) electrons. The first-order valence-corrected chi connectivity index (χ1v) is 8.18. The Kier molecular flexibility index (Phi) is 4.58. The smallest absolute Gasteiger partial charge is 0.236 e. The van der Waals surface area contributed by atoms with Gasteiger partial charge in [-0.05, 0) is 12.8 Å². The van der Waals surface area contributed by atoms with E-state index in [1.165, 1.54) is 0 Å². The Balaban J connectivity index is 1.70. The first-order chi connectivity index (χ1) is 8.57. The molecule has 2 heterocycles. The standard InChI is InChI=1S/C11H20N2O4S/c14-11(13-3-5-17-6-4-13)9-12-10-1-7-18(15,16)8-2-10/h10,12H,1-9H2. The van der Waals surface area contributed by atoms with Gasteiger partial charge >= 0.3 is 0 Å². The number of amides is 1. The van der Waals surface area contributed by atoms with Gasteiger partial charge in [-0.1, -0.05) is 0 Å². The van der Waals surface area contributed by atoms with Crippen LogP contribution in [0.1, 0.15) is 12.8 Å². The van der Waals surface area contributed by atoms with Gasteiger partial charge in [-0.3, -0.25) is 4.79 Å². The summed E-state index contributed by atoms with van der Waals surface area (Å²) >= 11 is 0. The van der Waals surface area contributed by atoms with Crippen molar-refractivity contribution in [1.82, 2.24) is 10.2 Å². The number of rotatable bonds is 3. The van der Waals surface area contributed by atoms with Gasteiger partial charge in [0.15, 0.2) is 0 Å². The molecule has 104 valence electrons. The van der Waals surface area contributed by atoms with Crippen molar-refractivity contribution in [3.8, 4) is 0 Å². The second-order valence-corrected chi connectivity index (χ2v) is 7.10. The summed E-state index contributed by atoms with van der Waals surface area (Å²) in [4.78, 5) is 13.6. The van der Waals surface area contributed by atoms with E-state index in [1.54, 1.807) is 4.90 Å². The number of morpholine rings is 1. The third-order valence-electron chi connectivity index (χ3n) is 3.46. The summed E-state index contributed by atoms with van der Waals surface area (Å²) in [5.41, 5.74) is 0. The Morgan fingerprint density at radius 3 is 2.44 bits per heavy atom. The molecule has 0 spiro atoms. The quantitative estimate of drug-likeness (QED) is 0.716. The molecule has 6 nitrogen and oxygen atoms in total. The third-order valence-corrected chi connectivity index (χ3v) is 5.18. The Hall–Kier alpha value is -0.660. The largest absolute Gasteiger partial charge is 0.378 e. The van der Waals surface area contributed by atoms with Gasteiger partial charge in [-0.25, -0.2) is 8.42 Å². The highest BCUT2D eigenvalue weighted by molar-refractivity contribution is 7.91. The average Bonchev–Trinajstić information content (AvgIpc) is 2.38.